The van der Waals surface area contributed by atoms with E-state index in [4.69, 9.17) is 4.74 Å². The van der Waals surface area contributed by atoms with Crippen molar-refractivity contribution in [3.8, 4) is 5.75 Å². The van der Waals surface area contributed by atoms with Gasteiger partial charge in [0, 0.05) is 0 Å². The molecule has 0 spiro atoms. The van der Waals surface area contributed by atoms with Crippen LogP contribution in [-0.4, -0.2) is 55.8 Å². The van der Waals surface area contributed by atoms with Crippen LogP contribution in [-0.2, 0) is 14.8 Å². The number of halogens is 5. The van der Waals surface area contributed by atoms with Gasteiger partial charge in [0.2, 0.25) is 0 Å². The van der Waals surface area contributed by atoms with E-state index in [1.807, 2.05) is 6.92 Å². The van der Waals surface area contributed by atoms with E-state index in [2.05, 4.69) is 25.5 Å². The zero-order valence-electron chi connectivity index (χ0n) is 27.1. The quantitative estimate of drug-likeness (QED) is 0.253. The fraction of sp³-hybridized carbons (Fsp3) is 0.788. The van der Waals surface area contributed by atoms with Crippen LogP contribution in [0.4, 0.5) is 26.7 Å². The second-order valence-electron chi connectivity index (χ2n) is 14.9. The first-order valence-corrected chi connectivity index (χ1v) is 18.0. The number of alkyl halides is 5. The molecule has 0 heterocycles. The Morgan fingerprint density at radius 3 is 2.21 bits per heavy atom. The maximum Gasteiger partial charge on any atom is 0.499 e. The summed E-state index contributed by atoms with van der Waals surface area (Å²) in [6.07, 6.45) is -6.30. The van der Waals surface area contributed by atoms with Gasteiger partial charge in [-0.2, -0.15) is 22.0 Å². The molecule has 0 radical (unpaired) electrons. The van der Waals surface area contributed by atoms with Gasteiger partial charge in [0.05, 0.1) is 23.7 Å². The van der Waals surface area contributed by atoms with Gasteiger partial charge in [0.15, 0.2) is 0 Å². The minimum Gasteiger partial charge on any atom is -0.449 e. The van der Waals surface area contributed by atoms with E-state index in [1.165, 1.54) is 0 Å². The average Bonchev–Trinajstić information content (AvgIpc) is 3.33. The van der Waals surface area contributed by atoms with Crippen molar-refractivity contribution in [2.24, 2.45) is 52.3 Å². The Labute approximate surface area is 272 Å². The lowest BCUT2D eigenvalue weighted by atomic mass is 9.41. The largest absolute Gasteiger partial charge is 0.499 e. The Morgan fingerprint density at radius 2 is 1.60 bits per heavy atom. The van der Waals surface area contributed by atoms with Gasteiger partial charge in [0.25, 0.3) is 10.0 Å². The molecule has 266 valence electrons. The first-order chi connectivity index (χ1) is 21.7. The van der Waals surface area contributed by atoms with Crippen molar-refractivity contribution in [2.75, 3.05) is 6.61 Å². The summed E-state index contributed by atoms with van der Waals surface area (Å²) in [7, 11) is -4.53. The number of ether oxygens (including phenoxy) is 2. The van der Waals surface area contributed by atoms with Gasteiger partial charge >= 0.3 is 18.4 Å². The van der Waals surface area contributed by atoms with Crippen LogP contribution in [0.1, 0.15) is 79.1 Å². The predicted octanol–water partition coefficient (Wildman–Crippen LogP) is 6.90. The van der Waals surface area contributed by atoms with Crippen LogP contribution >= 0.6 is 0 Å². The lowest BCUT2D eigenvalue weighted by Crippen LogP contribution is -2.62. The molecule has 4 fully saturated rings. The monoisotopic (exact) mass is 695 g/mol. The molecule has 1 aromatic rings. The third-order valence-electron chi connectivity index (χ3n) is 12.6. The highest BCUT2D eigenvalue weighted by Crippen LogP contribution is 2.69. The minimum atomic E-state index is -5.96. The molecule has 1 aromatic carbocycles. The number of amides is 1. The van der Waals surface area contributed by atoms with Gasteiger partial charge in [0.1, 0.15) is 5.75 Å². The third-order valence-corrected chi connectivity index (χ3v) is 13.9. The molecule has 0 saturated heterocycles. The van der Waals surface area contributed by atoms with Crippen LogP contribution < -0.4 is 9.46 Å². The van der Waals surface area contributed by atoms with Gasteiger partial charge in [-0.1, -0.05) is 34.1 Å². The highest BCUT2D eigenvalue weighted by molar-refractivity contribution is 7.90. The molecule has 3 N–H and O–H groups in total. The molecular formula is C33H46F5NO7S. The minimum absolute atomic E-state index is 0.0560. The SMILES string of the molecule is CC[C@@H]1C2C[C@H](O)CC[C@]2(C)[C@H]2CC[C@]3(C)[C@@H]([C@H](C)COC(=O)NS(=O)(=O)c4ccc(OC(F)(F)C(F)(F)F)cc4)CC[C@H]3C2[C@@H]1O. The molecule has 0 aromatic heterocycles. The Hall–Kier alpha value is -2.19. The molecule has 1 amide bonds. The number of nitrogens with one attached hydrogen (secondary N) is 1. The van der Waals surface area contributed by atoms with E-state index in [1.54, 1.807) is 4.72 Å². The van der Waals surface area contributed by atoms with Crippen LogP contribution in [0.5, 0.6) is 5.75 Å². The van der Waals surface area contributed by atoms with Crippen LogP contribution in [0, 0.1) is 52.3 Å². The Morgan fingerprint density at radius 1 is 0.979 bits per heavy atom. The fourth-order valence-corrected chi connectivity index (χ4v) is 11.2. The predicted molar refractivity (Wildman–Crippen MR) is 161 cm³/mol. The standard InChI is InChI=1S/C33H46F5NO7S/c1-5-22-26-16-19(40)12-14-31(26,4)25-13-15-30(3)23(10-11-24(30)27(25)28(22)41)18(2)17-45-29(42)39-47(43,44)21-8-6-20(7-9-21)46-33(37,38)32(34,35)36/h6-9,18-19,22-28,40-41H,5,10-17H2,1-4H3,(H,39,42)/t18-,19-,22-,23-,24+,25+,26?,27?,28-,30-,31-/m1/s1. The molecule has 47 heavy (non-hydrogen) atoms. The Balaban J connectivity index is 1.21. The highest BCUT2D eigenvalue weighted by atomic mass is 32.2. The van der Waals surface area contributed by atoms with E-state index in [9.17, 15) is 45.4 Å². The van der Waals surface area contributed by atoms with Crippen LogP contribution in [0.25, 0.3) is 0 Å². The summed E-state index contributed by atoms with van der Waals surface area (Å²) in [6.45, 7) is 8.69. The molecule has 2 unspecified atom stereocenters. The second-order valence-corrected chi connectivity index (χ2v) is 16.6. The van der Waals surface area contributed by atoms with Gasteiger partial charge in [-0.3, -0.25) is 0 Å². The van der Waals surface area contributed by atoms with Crippen molar-refractivity contribution >= 4 is 16.1 Å². The molecule has 8 nitrogen and oxygen atoms in total. The lowest BCUT2D eigenvalue weighted by molar-refractivity contribution is -0.360. The average molecular weight is 696 g/mol. The van der Waals surface area contributed by atoms with Crippen LogP contribution in [0.3, 0.4) is 0 Å². The van der Waals surface area contributed by atoms with Crippen LogP contribution in [0.15, 0.2) is 29.2 Å². The second kappa shape index (κ2) is 12.6. The summed E-state index contributed by atoms with van der Waals surface area (Å²) in [5, 5.41) is 22.4. The van der Waals surface area contributed by atoms with Crippen molar-refractivity contribution in [3.05, 3.63) is 24.3 Å². The summed E-state index contributed by atoms with van der Waals surface area (Å²) in [5.41, 5.74) is -0.0289. The molecule has 4 aliphatic rings. The molecule has 5 rings (SSSR count). The van der Waals surface area contributed by atoms with Crippen molar-refractivity contribution in [3.63, 3.8) is 0 Å². The highest BCUT2D eigenvalue weighted by Gasteiger charge is 2.65. The fourth-order valence-electron chi connectivity index (χ4n) is 10.3. The zero-order chi connectivity index (χ0) is 34.7. The van der Waals surface area contributed by atoms with E-state index < -0.39 is 45.2 Å². The summed E-state index contributed by atoms with van der Waals surface area (Å²) >= 11 is 0. The first kappa shape index (κ1) is 36.1. The number of aliphatic hydroxyl groups is 2. The number of carbonyl (C=O) groups excluding carboxylic acids is 1. The number of fused-ring (bicyclic) bond motifs is 5. The first-order valence-electron chi connectivity index (χ1n) is 16.5. The molecule has 4 aliphatic carbocycles. The molecule has 0 aliphatic heterocycles. The smallest absolute Gasteiger partial charge is 0.449 e. The number of rotatable bonds is 8. The number of carbonyl (C=O) groups is 1. The normalized spacial score (nSPS) is 38.0. The topological polar surface area (TPSA) is 122 Å². The molecule has 4 saturated carbocycles. The summed E-state index contributed by atoms with van der Waals surface area (Å²) in [5.74, 6) is 0.383. The number of hydrogen-bond acceptors (Lipinski definition) is 7. The van der Waals surface area contributed by atoms with E-state index in [0.29, 0.717) is 29.9 Å². The van der Waals surface area contributed by atoms with Crippen molar-refractivity contribution in [1.29, 1.82) is 0 Å². The molecular weight excluding hydrogens is 649 g/mol. The summed E-state index contributed by atoms with van der Waals surface area (Å²) < 4.78 is 99.6. The van der Waals surface area contributed by atoms with E-state index >= 15 is 0 Å². The van der Waals surface area contributed by atoms with E-state index in [-0.39, 0.29) is 47.2 Å². The molecule has 11 atom stereocenters. The Kier molecular flexibility index (Phi) is 9.68. The summed E-state index contributed by atoms with van der Waals surface area (Å²) in [6, 6.07) is 2.71. The number of hydrogen-bond donors (Lipinski definition) is 3. The Bertz CT molecular complexity index is 1410. The lowest BCUT2D eigenvalue weighted by Gasteiger charge is -2.64. The van der Waals surface area contributed by atoms with Gasteiger partial charge < -0.3 is 19.7 Å². The van der Waals surface area contributed by atoms with Crippen molar-refractivity contribution in [1.82, 2.24) is 4.72 Å². The summed E-state index contributed by atoms with van der Waals surface area (Å²) in [4.78, 5) is 12.0. The zero-order valence-corrected chi connectivity index (χ0v) is 27.9. The number of sulfonamides is 1. The maximum atomic E-state index is 13.2. The molecule has 0 bridgehead atoms. The van der Waals surface area contributed by atoms with Gasteiger partial charge in [-0.05, 0) is 121 Å². The van der Waals surface area contributed by atoms with Crippen molar-refractivity contribution in [2.45, 2.75) is 108 Å². The molecule has 14 heteroatoms. The van der Waals surface area contributed by atoms with Crippen LogP contribution in [0.2, 0.25) is 0 Å². The van der Waals surface area contributed by atoms with Crippen molar-refractivity contribution < 1.29 is 54.9 Å². The maximum absolute atomic E-state index is 13.2. The number of aliphatic hydroxyl groups excluding tert-OH is 2. The number of benzene rings is 1. The van der Waals surface area contributed by atoms with Gasteiger partial charge in [-0.25, -0.2) is 17.9 Å². The van der Waals surface area contributed by atoms with E-state index in [0.717, 1.165) is 63.5 Å². The third kappa shape index (κ3) is 6.47. The van der Waals surface area contributed by atoms with Gasteiger partial charge in [-0.15, -0.1) is 0 Å².